The number of rotatable bonds is 5. The molecule has 0 spiro atoms. The average molecular weight is 299 g/mol. The first kappa shape index (κ1) is 14.8. The Labute approximate surface area is 121 Å². The van der Waals surface area contributed by atoms with Crippen LogP contribution in [0, 0.1) is 17.7 Å². The fourth-order valence-corrected chi connectivity index (χ4v) is 2.03. The van der Waals surface area contributed by atoms with Crippen molar-refractivity contribution in [3.05, 3.63) is 29.0 Å². The lowest BCUT2D eigenvalue weighted by atomic mass is 10.3. The van der Waals surface area contributed by atoms with Gasteiger partial charge < -0.3 is 10.6 Å². The van der Waals surface area contributed by atoms with E-state index in [1.54, 1.807) is 0 Å². The van der Waals surface area contributed by atoms with E-state index >= 15 is 0 Å². The molecule has 2 atom stereocenters. The highest BCUT2D eigenvalue weighted by molar-refractivity contribution is 6.30. The van der Waals surface area contributed by atoms with Gasteiger partial charge in [0.05, 0.1) is 5.02 Å². The van der Waals surface area contributed by atoms with Gasteiger partial charge in [-0.3, -0.25) is 9.59 Å². The lowest BCUT2D eigenvalue weighted by molar-refractivity contribution is -0.122. The van der Waals surface area contributed by atoms with Crippen molar-refractivity contribution in [1.82, 2.24) is 5.32 Å². The predicted octanol–water partition coefficient (Wildman–Crippen LogP) is 2.58. The van der Waals surface area contributed by atoms with Gasteiger partial charge in [0.2, 0.25) is 11.8 Å². The Morgan fingerprint density at radius 3 is 2.75 bits per heavy atom. The van der Waals surface area contributed by atoms with E-state index in [4.69, 9.17) is 11.6 Å². The molecule has 2 N–H and O–H groups in total. The Kier molecular flexibility index (Phi) is 4.60. The molecule has 0 heterocycles. The highest BCUT2D eigenvalue weighted by atomic mass is 35.5. The van der Waals surface area contributed by atoms with Crippen LogP contribution in [0.2, 0.25) is 5.02 Å². The SMILES string of the molecule is C[C@@H]1C[C@H]1C(=O)NCCC(=O)Nc1ccc(Cl)c(F)c1. The molecule has 0 aliphatic heterocycles. The monoisotopic (exact) mass is 298 g/mol. The molecule has 0 radical (unpaired) electrons. The normalized spacial score (nSPS) is 20.4. The van der Waals surface area contributed by atoms with Crippen LogP contribution in [0.5, 0.6) is 0 Å². The molecule has 1 saturated carbocycles. The smallest absolute Gasteiger partial charge is 0.226 e. The summed E-state index contributed by atoms with van der Waals surface area (Å²) in [5, 5.41) is 5.27. The van der Waals surface area contributed by atoms with E-state index in [1.807, 2.05) is 6.92 Å². The maximum Gasteiger partial charge on any atom is 0.226 e. The van der Waals surface area contributed by atoms with Crippen LogP contribution in [-0.4, -0.2) is 18.4 Å². The third-order valence-electron chi connectivity index (χ3n) is 3.30. The Morgan fingerprint density at radius 1 is 1.45 bits per heavy atom. The van der Waals surface area contributed by atoms with Gasteiger partial charge in [0, 0.05) is 24.6 Å². The summed E-state index contributed by atoms with van der Waals surface area (Å²) >= 11 is 5.55. The number of carbonyl (C=O) groups is 2. The summed E-state index contributed by atoms with van der Waals surface area (Å²) in [7, 11) is 0. The van der Waals surface area contributed by atoms with Crippen molar-refractivity contribution in [1.29, 1.82) is 0 Å². The topological polar surface area (TPSA) is 58.2 Å². The summed E-state index contributed by atoms with van der Waals surface area (Å²) in [6.45, 7) is 2.30. The molecule has 6 heteroatoms. The van der Waals surface area contributed by atoms with Gasteiger partial charge in [0.1, 0.15) is 5.82 Å². The number of hydrogen-bond acceptors (Lipinski definition) is 2. The highest BCUT2D eigenvalue weighted by Gasteiger charge is 2.38. The largest absolute Gasteiger partial charge is 0.355 e. The zero-order valence-electron chi connectivity index (χ0n) is 11.1. The molecule has 1 aromatic rings. The molecular weight excluding hydrogens is 283 g/mol. The average Bonchev–Trinajstić information content (AvgIpc) is 3.11. The van der Waals surface area contributed by atoms with Crippen molar-refractivity contribution in [3.8, 4) is 0 Å². The minimum atomic E-state index is -0.583. The van der Waals surface area contributed by atoms with Crippen molar-refractivity contribution in [2.45, 2.75) is 19.8 Å². The van der Waals surface area contributed by atoms with Crippen LogP contribution < -0.4 is 10.6 Å². The van der Waals surface area contributed by atoms with Gasteiger partial charge in [-0.2, -0.15) is 0 Å². The summed E-state index contributed by atoms with van der Waals surface area (Å²) < 4.78 is 13.2. The first-order chi connectivity index (χ1) is 9.47. The lowest BCUT2D eigenvalue weighted by Crippen LogP contribution is -2.29. The molecule has 1 aliphatic rings. The van der Waals surface area contributed by atoms with Crippen molar-refractivity contribution in [3.63, 3.8) is 0 Å². The number of carbonyl (C=O) groups excluding carboxylic acids is 2. The Morgan fingerprint density at radius 2 is 2.15 bits per heavy atom. The Bertz CT molecular complexity index is 536. The van der Waals surface area contributed by atoms with Gasteiger partial charge >= 0.3 is 0 Å². The van der Waals surface area contributed by atoms with E-state index in [0.717, 1.165) is 12.5 Å². The van der Waals surface area contributed by atoms with Gasteiger partial charge in [0.25, 0.3) is 0 Å². The minimum Gasteiger partial charge on any atom is -0.355 e. The van der Waals surface area contributed by atoms with Crippen LogP contribution >= 0.6 is 11.6 Å². The van der Waals surface area contributed by atoms with Gasteiger partial charge in [-0.05, 0) is 30.5 Å². The van der Waals surface area contributed by atoms with E-state index in [2.05, 4.69) is 10.6 Å². The quantitative estimate of drug-likeness (QED) is 0.878. The van der Waals surface area contributed by atoms with Gasteiger partial charge in [-0.25, -0.2) is 4.39 Å². The maximum absolute atomic E-state index is 13.2. The van der Waals surface area contributed by atoms with E-state index < -0.39 is 5.82 Å². The van der Waals surface area contributed by atoms with Crippen LogP contribution in [0.3, 0.4) is 0 Å². The molecule has 2 amide bonds. The second-order valence-corrected chi connectivity index (χ2v) is 5.44. The molecule has 1 aromatic carbocycles. The van der Waals surface area contributed by atoms with Crippen LogP contribution in [0.25, 0.3) is 0 Å². The molecule has 20 heavy (non-hydrogen) atoms. The van der Waals surface area contributed by atoms with Crippen LogP contribution in [-0.2, 0) is 9.59 Å². The number of anilines is 1. The molecule has 2 rings (SSSR count). The van der Waals surface area contributed by atoms with Gasteiger partial charge in [0.15, 0.2) is 0 Å². The molecule has 0 saturated heterocycles. The van der Waals surface area contributed by atoms with Crippen molar-refractivity contribution >= 4 is 29.1 Å². The molecule has 0 unspecified atom stereocenters. The molecular formula is C14H16ClFN2O2. The highest BCUT2D eigenvalue weighted by Crippen LogP contribution is 2.37. The van der Waals surface area contributed by atoms with E-state index in [-0.39, 0.29) is 35.7 Å². The summed E-state index contributed by atoms with van der Waals surface area (Å²) in [5.41, 5.74) is 0.346. The zero-order chi connectivity index (χ0) is 14.7. The van der Waals surface area contributed by atoms with E-state index in [1.165, 1.54) is 12.1 Å². The van der Waals surface area contributed by atoms with Crippen molar-refractivity contribution in [2.75, 3.05) is 11.9 Å². The van der Waals surface area contributed by atoms with Gasteiger partial charge in [-0.15, -0.1) is 0 Å². The Hall–Kier alpha value is -1.62. The number of amides is 2. The summed E-state index contributed by atoms with van der Waals surface area (Å²) in [6, 6.07) is 4.06. The third-order valence-corrected chi connectivity index (χ3v) is 3.61. The lowest BCUT2D eigenvalue weighted by Gasteiger charge is -2.07. The fourth-order valence-electron chi connectivity index (χ4n) is 1.92. The first-order valence-electron chi connectivity index (χ1n) is 6.50. The molecule has 108 valence electrons. The van der Waals surface area contributed by atoms with Crippen LogP contribution in [0.1, 0.15) is 19.8 Å². The minimum absolute atomic E-state index is 0.00263. The second kappa shape index (κ2) is 6.22. The van der Waals surface area contributed by atoms with E-state index in [9.17, 15) is 14.0 Å². The zero-order valence-corrected chi connectivity index (χ0v) is 11.8. The Balaban J connectivity index is 1.72. The number of hydrogen-bond donors (Lipinski definition) is 2. The third kappa shape index (κ3) is 3.93. The maximum atomic E-state index is 13.2. The molecule has 1 aliphatic carbocycles. The second-order valence-electron chi connectivity index (χ2n) is 5.04. The van der Waals surface area contributed by atoms with Crippen LogP contribution in [0.15, 0.2) is 18.2 Å². The molecule has 1 fully saturated rings. The van der Waals surface area contributed by atoms with Crippen molar-refractivity contribution < 1.29 is 14.0 Å². The number of halogens is 2. The van der Waals surface area contributed by atoms with Crippen LogP contribution in [0.4, 0.5) is 10.1 Å². The predicted molar refractivity (Wildman–Crippen MR) is 74.9 cm³/mol. The molecule has 4 nitrogen and oxygen atoms in total. The number of nitrogens with one attached hydrogen (secondary N) is 2. The summed E-state index contributed by atoms with van der Waals surface area (Å²) in [6.07, 6.45) is 1.07. The summed E-state index contributed by atoms with van der Waals surface area (Å²) in [5.74, 6) is -0.316. The van der Waals surface area contributed by atoms with E-state index in [0.29, 0.717) is 11.6 Å². The van der Waals surface area contributed by atoms with Crippen molar-refractivity contribution in [2.24, 2.45) is 11.8 Å². The standard InChI is InChI=1S/C14H16ClFN2O2/c1-8-6-10(8)14(20)17-5-4-13(19)18-9-2-3-11(15)12(16)7-9/h2-3,7-8,10H,4-6H2,1H3,(H,17,20)(H,18,19)/t8-,10-/m1/s1. The summed E-state index contributed by atoms with van der Waals surface area (Å²) in [4.78, 5) is 23.2. The fraction of sp³-hybridized carbons (Fsp3) is 0.429. The molecule has 0 aromatic heterocycles. The first-order valence-corrected chi connectivity index (χ1v) is 6.88. The molecule has 0 bridgehead atoms. The van der Waals surface area contributed by atoms with Gasteiger partial charge in [-0.1, -0.05) is 18.5 Å². The number of benzene rings is 1.